The molecule has 2 aromatic carbocycles. The molecule has 154 valence electrons. The fraction of sp³-hybridized carbons (Fsp3) is 0.292. The van der Waals surface area contributed by atoms with E-state index in [0.717, 1.165) is 33.4 Å². The van der Waals surface area contributed by atoms with Gasteiger partial charge < -0.3 is 4.74 Å². The second kappa shape index (κ2) is 7.54. The van der Waals surface area contributed by atoms with Gasteiger partial charge in [0.25, 0.3) is 5.56 Å². The molecule has 4 aromatic rings. The van der Waals surface area contributed by atoms with Gasteiger partial charge in [-0.05, 0) is 44.0 Å². The molecule has 4 rings (SSSR count). The van der Waals surface area contributed by atoms with Gasteiger partial charge in [-0.25, -0.2) is 0 Å². The molecule has 6 heteroatoms. The van der Waals surface area contributed by atoms with Crippen molar-refractivity contribution in [2.24, 2.45) is 14.1 Å². The van der Waals surface area contributed by atoms with Crippen molar-refractivity contribution in [1.82, 2.24) is 19.3 Å². The number of aromatic nitrogens is 4. The molecule has 0 saturated carbocycles. The maximum atomic E-state index is 13.3. The van der Waals surface area contributed by atoms with Gasteiger partial charge in [0.1, 0.15) is 0 Å². The van der Waals surface area contributed by atoms with Gasteiger partial charge in [-0.1, -0.05) is 30.3 Å². The highest BCUT2D eigenvalue weighted by atomic mass is 16.5. The summed E-state index contributed by atoms with van der Waals surface area (Å²) >= 11 is 0. The van der Waals surface area contributed by atoms with Crippen LogP contribution in [-0.4, -0.2) is 24.9 Å². The van der Waals surface area contributed by atoms with Crippen molar-refractivity contribution in [2.45, 2.75) is 33.0 Å². The fourth-order valence-electron chi connectivity index (χ4n) is 3.58. The molecule has 0 aliphatic rings. The fourth-order valence-corrected chi connectivity index (χ4v) is 3.58. The first kappa shape index (κ1) is 20.0. The van der Waals surface area contributed by atoms with Crippen LogP contribution >= 0.6 is 0 Å². The van der Waals surface area contributed by atoms with E-state index >= 15 is 0 Å². The molecule has 0 spiro atoms. The summed E-state index contributed by atoms with van der Waals surface area (Å²) in [5.41, 5.74) is 5.60. The van der Waals surface area contributed by atoms with E-state index in [1.54, 1.807) is 24.1 Å². The Hall–Kier alpha value is -3.25. The standard InChI is InChI=1S/C24H26N4O2/c1-24(2,3)30-15-17-8-6-7-9-18(17)21-22(27(4)28(5)23(21)29)16-10-11-19-20(14-16)26-13-12-25-19/h6-14H,15H2,1-5H3. The van der Waals surface area contributed by atoms with Crippen LogP contribution in [0.2, 0.25) is 0 Å². The average molecular weight is 402 g/mol. The van der Waals surface area contributed by atoms with Gasteiger partial charge in [0, 0.05) is 32.1 Å². The number of rotatable bonds is 4. The van der Waals surface area contributed by atoms with Crippen molar-refractivity contribution < 1.29 is 4.74 Å². The van der Waals surface area contributed by atoms with Crippen LogP contribution in [0.3, 0.4) is 0 Å². The van der Waals surface area contributed by atoms with E-state index in [1.807, 2.05) is 75.0 Å². The highest BCUT2D eigenvalue weighted by Gasteiger charge is 2.22. The number of fused-ring (bicyclic) bond motifs is 1. The first-order valence-corrected chi connectivity index (χ1v) is 9.95. The zero-order valence-corrected chi connectivity index (χ0v) is 18.0. The Morgan fingerprint density at radius 2 is 1.63 bits per heavy atom. The lowest BCUT2D eigenvalue weighted by Crippen LogP contribution is -2.19. The summed E-state index contributed by atoms with van der Waals surface area (Å²) in [6, 6.07) is 13.8. The van der Waals surface area contributed by atoms with Gasteiger partial charge >= 0.3 is 0 Å². The normalized spacial score (nSPS) is 11.9. The van der Waals surface area contributed by atoms with Gasteiger partial charge in [0.2, 0.25) is 0 Å². The second-order valence-electron chi connectivity index (χ2n) is 8.39. The first-order valence-electron chi connectivity index (χ1n) is 9.95. The molecule has 0 radical (unpaired) electrons. The number of hydrogen-bond acceptors (Lipinski definition) is 4. The van der Waals surface area contributed by atoms with E-state index in [1.165, 1.54) is 0 Å². The maximum Gasteiger partial charge on any atom is 0.274 e. The third-order valence-corrected chi connectivity index (χ3v) is 5.21. The molecule has 2 aromatic heterocycles. The van der Waals surface area contributed by atoms with Crippen LogP contribution in [0.4, 0.5) is 0 Å². The van der Waals surface area contributed by atoms with Gasteiger partial charge in [-0.3, -0.25) is 24.1 Å². The van der Waals surface area contributed by atoms with E-state index in [2.05, 4.69) is 9.97 Å². The molecule has 0 fully saturated rings. The Kier molecular flexibility index (Phi) is 5.03. The summed E-state index contributed by atoms with van der Waals surface area (Å²) in [5.74, 6) is 0. The molecule has 0 saturated heterocycles. The van der Waals surface area contributed by atoms with E-state index in [0.29, 0.717) is 12.2 Å². The van der Waals surface area contributed by atoms with Crippen molar-refractivity contribution in [3.05, 3.63) is 70.8 Å². The number of ether oxygens (including phenoxy) is 1. The predicted molar refractivity (Wildman–Crippen MR) is 119 cm³/mol. The lowest BCUT2D eigenvalue weighted by molar-refractivity contribution is -0.0147. The molecule has 0 N–H and O–H groups in total. The Morgan fingerprint density at radius 3 is 2.37 bits per heavy atom. The molecule has 6 nitrogen and oxygen atoms in total. The van der Waals surface area contributed by atoms with Crippen LogP contribution in [0.25, 0.3) is 33.4 Å². The summed E-state index contributed by atoms with van der Waals surface area (Å²) in [4.78, 5) is 22.1. The molecular weight excluding hydrogens is 376 g/mol. The van der Waals surface area contributed by atoms with Crippen molar-refractivity contribution >= 4 is 11.0 Å². The monoisotopic (exact) mass is 402 g/mol. The number of hydrogen-bond donors (Lipinski definition) is 0. The zero-order valence-electron chi connectivity index (χ0n) is 18.0. The summed E-state index contributed by atoms with van der Waals surface area (Å²) in [6.45, 7) is 6.51. The topological polar surface area (TPSA) is 61.9 Å². The minimum atomic E-state index is -0.269. The summed E-state index contributed by atoms with van der Waals surface area (Å²) in [6.07, 6.45) is 3.35. The van der Waals surface area contributed by atoms with Crippen LogP contribution in [0.15, 0.2) is 59.7 Å². The Morgan fingerprint density at radius 1 is 0.933 bits per heavy atom. The lowest BCUT2D eigenvalue weighted by Gasteiger charge is -2.20. The largest absolute Gasteiger partial charge is 0.371 e. The average Bonchev–Trinajstić information content (AvgIpc) is 2.95. The molecule has 0 unspecified atom stereocenters. The third-order valence-electron chi connectivity index (χ3n) is 5.21. The van der Waals surface area contributed by atoms with Crippen molar-refractivity contribution in [3.63, 3.8) is 0 Å². The highest BCUT2D eigenvalue weighted by molar-refractivity contribution is 5.87. The molecule has 2 heterocycles. The van der Waals surface area contributed by atoms with Gasteiger partial charge in [-0.15, -0.1) is 0 Å². The molecule has 0 aliphatic carbocycles. The third kappa shape index (κ3) is 3.66. The van der Waals surface area contributed by atoms with Crippen LogP contribution in [0, 0.1) is 0 Å². The SMILES string of the molecule is Cn1c(-c2ccc3nccnc3c2)c(-c2ccccc2COC(C)(C)C)c(=O)n1C. The van der Waals surface area contributed by atoms with Crippen molar-refractivity contribution in [2.75, 3.05) is 0 Å². The molecule has 0 aliphatic heterocycles. The van der Waals surface area contributed by atoms with Crippen LogP contribution < -0.4 is 5.56 Å². The van der Waals surface area contributed by atoms with Crippen LogP contribution in [0.5, 0.6) is 0 Å². The molecule has 0 amide bonds. The Balaban J connectivity index is 1.92. The zero-order chi connectivity index (χ0) is 21.5. The first-order chi connectivity index (χ1) is 14.3. The number of benzene rings is 2. The summed E-state index contributed by atoms with van der Waals surface area (Å²) < 4.78 is 9.54. The molecular formula is C24H26N4O2. The van der Waals surface area contributed by atoms with Crippen molar-refractivity contribution in [3.8, 4) is 22.4 Å². The van der Waals surface area contributed by atoms with Gasteiger partial charge in [0.15, 0.2) is 0 Å². The Labute approximate surface area is 175 Å². The molecule has 0 bridgehead atoms. The van der Waals surface area contributed by atoms with Gasteiger partial charge in [-0.2, -0.15) is 0 Å². The predicted octanol–water partition coefficient (Wildman–Crippen LogP) is 4.32. The van der Waals surface area contributed by atoms with Gasteiger partial charge in [0.05, 0.1) is 34.5 Å². The van der Waals surface area contributed by atoms with Crippen LogP contribution in [0.1, 0.15) is 26.3 Å². The Bertz CT molecular complexity index is 1280. The quantitative estimate of drug-likeness (QED) is 0.510. The van der Waals surface area contributed by atoms with E-state index in [9.17, 15) is 4.79 Å². The highest BCUT2D eigenvalue weighted by Crippen LogP contribution is 2.33. The molecule has 30 heavy (non-hydrogen) atoms. The summed E-state index contributed by atoms with van der Waals surface area (Å²) in [5, 5.41) is 0. The maximum absolute atomic E-state index is 13.3. The smallest absolute Gasteiger partial charge is 0.274 e. The minimum Gasteiger partial charge on any atom is -0.371 e. The summed E-state index contributed by atoms with van der Waals surface area (Å²) in [7, 11) is 3.68. The van der Waals surface area contributed by atoms with E-state index in [4.69, 9.17) is 4.74 Å². The van der Waals surface area contributed by atoms with Crippen molar-refractivity contribution in [1.29, 1.82) is 0 Å². The van der Waals surface area contributed by atoms with E-state index in [-0.39, 0.29) is 11.2 Å². The molecule has 0 atom stereocenters. The number of nitrogens with zero attached hydrogens (tertiary/aromatic N) is 4. The van der Waals surface area contributed by atoms with E-state index < -0.39 is 0 Å². The lowest BCUT2D eigenvalue weighted by atomic mass is 9.97. The minimum absolute atomic E-state index is 0.0463. The van der Waals surface area contributed by atoms with Crippen LogP contribution in [-0.2, 0) is 25.4 Å². The second-order valence-corrected chi connectivity index (χ2v) is 8.39.